The summed E-state index contributed by atoms with van der Waals surface area (Å²) in [6.07, 6.45) is 1.63. The van der Waals surface area contributed by atoms with Crippen molar-refractivity contribution in [3.05, 3.63) is 23.8 Å². The summed E-state index contributed by atoms with van der Waals surface area (Å²) in [5.41, 5.74) is 0.971. The van der Waals surface area contributed by atoms with Crippen molar-refractivity contribution >= 4 is 5.78 Å². The van der Waals surface area contributed by atoms with Crippen LogP contribution in [0.1, 0.15) is 50.9 Å². The minimum atomic E-state index is 0.176. The van der Waals surface area contributed by atoms with E-state index in [2.05, 4.69) is 27.7 Å². The minimum Gasteiger partial charge on any atom is -0.454 e. The highest BCUT2D eigenvalue weighted by Gasteiger charge is 2.20. The highest BCUT2D eigenvalue weighted by Crippen LogP contribution is 2.33. The molecule has 0 radical (unpaired) electrons. The molecule has 1 atom stereocenters. The second kappa shape index (κ2) is 5.24. The lowest BCUT2D eigenvalue weighted by molar-refractivity contribution is 0.0954. The highest BCUT2D eigenvalue weighted by molar-refractivity contribution is 5.96. The van der Waals surface area contributed by atoms with Gasteiger partial charge in [-0.15, -0.1) is 0 Å². The van der Waals surface area contributed by atoms with Gasteiger partial charge in [0.1, 0.15) is 0 Å². The Labute approximate surface area is 114 Å². The minimum absolute atomic E-state index is 0.176. The molecule has 1 unspecified atom stereocenters. The zero-order valence-electron chi connectivity index (χ0n) is 12.2. The van der Waals surface area contributed by atoms with Gasteiger partial charge >= 0.3 is 0 Å². The highest BCUT2D eigenvalue weighted by atomic mass is 16.7. The van der Waals surface area contributed by atoms with Gasteiger partial charge in [-0.2, -0.15) is 0 Å². The summed E-state index contributed by atoms with van der Waals surface area (Å²) in [6, 6.07) is 5.41. The molecule has 1 aliphatic heterocycles. The number of carbonyl (C=O) groups excluding carboxylic acids is 1. The molecule has 0 fully saturated rings. The first-order valence-electron chi connectivity index (χ1n) is 6.78. The van der Waals surface area contributed by atoms with Crippen LogP contribution >= 0.6 is 0 Å². The van der Waals surface area contributed by atoms with Gasteiger partial charge in [-0.1, -0.05) is 27.7 Å². The monoisotopic (exact) mass is 262 g/mol. The lowest BCUT2D eigenvalue weighted by Gasteiger charge is -2.22. The van der Waals surface area contributed by atoms with E-state index in [0.717, 1.165) is 12.2 Å². The Balaban J connectivity index is 2.00. The van der Waals surface area contributed by atoms with E-state index in [1.807, 2.05) is 12.1 Å². The van der Waals surface area contributed by atoms with E-state index in [0.29, 0.717) is 23.7 Å². The van der Waals surface area contributed by atoms with Gasteiger partial charge in [0, 0.05) is 12.0 Å². The molecule has 3 nitrogen and oxygen atoms in total. The normalized spacial score (nSPS) is 15.4. The van der Waals surface area contributed by atoms with Crippen molar-refractivity contribution in [3.8, 4) is 11.5 Å². The molecule has 0 amide bonds. The van der Waals surface area contributed by atoms with Gasteiger partial charge in [0.25, 0.3) is 0 Å². The number of fused-ring (bicyclic) bond motifs is 1. The molecule has 104 valence electrons. The summed E-state index contributed by atoms with van der Waals surface area (Å²) in [6.45, 7) is 8.99. The van der Waals surface area contributed by atoms with Gasteiger partial charge in [0.15, 0.2) is 17.3 Å². The van der Waals surface area contributed by atoms with E-state index in [4.69, 9.17) is 9.47 Å². The van der Waals surface area contributed by atoms with E-state index in [1.165, 1.54) is 0 Å². The van der Waals surface area contributed by atoms with Crippen molar-refractivity contribution in [1.29, 1.82) is 0 Å². The first kappa shape index (κ1) is 13.9. The summed E-state index contributed by atoms with van der Waals surface area (Å²) in [7, 11) is 0. The molecule has 19 heavy (non-hydrogen) atoms. The number of ether oxygens (including phenoxy) is 2. The Morgan fingerprint density at radius 2 is 1.95 bits per heavy atom. The lowest BCUT2D eigenvalue weighted by Crippen LogP contribution is -2.14. The van der Waals surface area contributed by atoms with Crippen LogP contribution in [0.2, 0.25) is 0 Å². The largest absolute Gasteiger partial charge is 0.454 e. The molecule has 1 aliphatic rings. The standard InChI is InChI=1S/C16H22O3/c1-11(9-16(2,3)4)7-13(17)12-5-6-14-15(8-12)19-10-18-14/h5-6,8,11H,7,9-10H2,1-4H3. The Morgan fingerprint density at radius 1 is 1.26 bits per heavy atom. The lowest BCUT2D eigenvalue weighted by atomic mass is 9.83. The molecule has 1 aromatic carbocycles. The Morgan fingerprint density at radius 3 is 2.63 bits per heavy atom. The van der Waals surface area contributed by atoms with E-state index in [-0.39, 0.29) is 18.0 Å². The van der Waals surface area contributed by atoms with Crippen LogP contribution in [-0.4, -0.2) is 12.6 Å². The first-order valence-corrected chi connectivity index (χ1v) is 6.78. The van der Waals surface area contributed by atoms with Crippen molar-refractivity contribution in [2.45, 2.75) is 40.5 Å². The zero-order chi connectivity index (χ0) is 14.0. The van der Waals surface area contributed by atoms with E-state index in [9.17, 15) is 4.79 Å². The van der Waals surface area contributed by atoms with Gasteiger partial charge < -0.3 is 9.47 Å². The van der Waals surface area contributed by atoms with Crippen LogP contribution in [0.5, 0.6) is 11.5 Å². The van der Waals surface area contributed by atoms with E-state index >= 15 is 0 Å². The topological polar surface area (TPSA) is 35.5 Å². The molecule has 3 heteroatoms. The van der Waals surface area contributed by atoms with Gasteiger partial charge in [-0.05, 0) is 36.0 Å². The SMILES string of the molecule is CC(CC(=O)c1ccc2c(c1)OCO2)CC(C)(C)C. The molecule has 1 heterocycles. The fourth-order valence-electron chi connectivity index (χ4n) is 2.62. The van der Waals surface area contributed by atoms with Crippen molar-refractivity contribution in [1.82, 2.24) is 0 Å². The van der Waals surface area contributed by atoms with Crippen molar-refractivity contribution < 1.29 is 14.3 Å². The fourth-order valence-corrected chi connectivity index (χ4v) is 2.62. The van der Waals surface area contributed by atoms with Crippen LogP contribution in [-0.2, 0) is 0 Å². The predicted molar refractivity (Wildman–Crippen MR) is 74.7 cm³/mol. The van der Waals surface area contributed by atoms with E-state index in [1.54, 1.807) is 6.07 Å². The van der Waals surface area contributed by atoms with E-state index < -0.39 is 0 Å². The molecule has 0 saturated carbocycles. The number of hydrogen-bond donors (Lipinski definition) is 0. The average molecular weight is 262 g/mol. The van der Waals surface area contributed by atoms with Gasteiger partial charge in [0.2, 0.25) is 6.79 Å². The number of benzene rings is 1. The Bertz CT molecular complexity index is 471. The summed E-state index contributed by atoms with van der Waals surface area (Å²) in [4.78, 5) is 12.2. The maximum Gasteiger partial charge on any atom is 0.231 e. The summed E-state index contributed by atoms with van der Waals surface area (Å²) in [5, 5.41) is 0. The molecule has 2 rings (SSSR count). The summed E-state index contributed by atoms with van der Waals surface area (Å²) >= 11 is 0. The quantitative estimate of drug-likeness (QED) is 0.768. The third kappa shape index (κ3) is 3.72. The summed E-state index contributed by atoms with van der Waals surface area (Å²) in [5.74, 6) is 1.96. The molecular weight excluding hydrogens is 240 g/mol. The summed E-state index contributed by atoms with van der Waals surface area (Å²) < 4.78 is 10.5. The predicted octanol–water partition coefficient (Wildman–Crippen LogP) is 4.06. The molecular formula is C16H22O3. The maximum atomic E-state index is 12.2. The zero-order valence-corrected chi connectivity index (χ0v) is 12.2. The van der Waals surface area contributed by atoms with Crippen LogP contribution in [0.4, 0.5) is 0 Å². The number of ketones is 1. The van der Waals surface area contributed by atoms with Crippen molar-refractivity contribution in [2.75, 3.05) is 6.79 Å². The Kier molecular flexibility index (Phi) is 3.83. The smallest absolute Gasteiger partial charge is 0.231 e. The van der Waals surface area contributed by atoms with Gasteiger partial charge in [-0.3, -0.25) is 4.79 Å². The van der Waals surface area contributed by atoms with Crippen molar-refractivity contribution in [3.63, 3.8) is 0 Å². The average Bonchev–Trinajstić information content (AvgIpc) is 2.72. The van der Waals surface area contributed by atoms with Gasteiger partial charge in [-0.25, -0.2) is 0 Å². The van der Waals surface area contributed by atoms with Crippen LogP contribution in [0.15, 0.2) is 18.2 Å². The van der Waals surface area contributed by atoms with Crippen LogP contribution in [0.25, 0.3) is 0 Å². The number of hydrogen-bond acceptors (Lipinski definition) is 3. The second-order valence-electron chi connectivity index (χ2n) is 6.57. The van der Waals surface area contributed by atoms with Crippen LogP contribution in [0.3, 0.4) is 0 Å². The van der Waals surface area contributed by atoms with Crippen LogP contribution in [0, 0.1) is 11.3 Å². The molecule has 0 aromatic heterocycles. The number of carbonyl (C=O) groups is 1. The molecule has 0 spiro atoms. The van der Waals surface area contributed by atoms with Crippen LogP contribution < -0.4 is 9.47 Å². The first-order chi connectivity index (χ1) is 8.85. The maximum absolute atomic E-state index is 12.2. The molecule has 1 aromatic rings. The molecule has 0 aliphatic carbocycles. The molecule has 0 bridgehead atoms. The van der Waals surface area contributed by atoms with Crippen molar-refractivity contribution in [2.24, 2.45) is 11.3 Å². The third-order valence-corrected chi connectivity index (χ3v) is 3.19. The molecule has 0 N–H and O–H groups in total. The number of Topliss-reactive ketones (excluding diaryl/α,β-unsaturated/α-hetero) is 1. The second-order valence-corrected chi connectivity index (χ2v) is 6.57. The molecule has 0 saturated heterocycles. The Hall–Kier alpha value is -1.51. The van der Waals surface area contributed by atoms with Gasteiger partial charge in [0.05, 0.1) is 0 Å². The third-order valence-electron chi connectivity index (χ3n) is 3.19. The fraction of sp³-hybridized carbons (Fsp3) is 0.562. The number of rotatable bonds is 4.